The predicted molar refractivity (Wildman–Crippen MR) is 105 cm³/mol. The van der Waals surface area contributed by atoms with E-state index in [1.165, 1.54) is 6.08 Å². The molecule has 1 aromatic heterocycles. The zero-order chi connectivity index (χ0) is 19.5. The molecule has 2 aromatic rings. The number of benzene rings is 1. The largest absolute Gasteiger partial charge is 0.444 e. The van der Waals surface area contributed by atoms with Crippen molar-refractivity contribution in [3.8, 4) is 0 Å². The van der Waals surface area contributed by atoms with E-state index in [2.05, 4.69) is 26.2 Å². The maximum absolute atomic E-state index is 14.4. The van der Waals surface area contributed by atoms with Crippen molar-refractivity contribution in [3.05, 3.63) is 40.4 Å². The van der Waals surface area contributed by atoms with Crippen LogP contribution >= 0.6 is 15.9 Å². The van der Waals surface area contributed by atoms with Crippen molar-refractivity contribution >= 4 is 33.1 Å². The minimum absolute atomic E-state index is 0.0636. The Morgan fingerprint density at radius 1 is 1.42 bits per heavy atom. The van der Waals surface area contributed by atoms with E-state index in [1.807, 2.05) is 36.6 Å². The Kier molecular flexibility index (Phi) is 6.44. The average molecular weight is 426 g/mol. The van der Waals surface area contributed by atoms with Crippen LogP contribution in [0.5, 0.6) is 0 Å². The van der Waals surface area contributed by atoms with E-state index < -0.39 is 11.7 Å². The lowest BCUT2D eigenvalue weighted by molar-refractivity contribution is 0.0534. The number of aromatic nitrogens is 2. The van der Waals surface area contributed by atoms with Crippen molar-refractivity contribution in [2.75, 3.05) is 6.54 Å². The molecule has 1 aromatic carbocycles. The monoisotopic (exact) mass is 425 g/mol. The van der Waals surface area contributed by atoms with Gasteiger partial charge < -0.3 is 14.6 Å². The maximum Gasteiger partial charge on any atom is 0.407 e. The summed E-state index contributed by atoms with van der Waals surface area (Å²) >= 11 is 3.50. The van der Waals surface area contributed by atoms with Gasteiger partial charge in [0, 0.05) is 16.9 Å². The van der Waals surface area contributed by atoms with Crippen LogP contribution in [0.15, 0.2) is 34.6 Å². The molecule has 1 N–H and O–H groups in total. The van der Waals surface area contributed by atoms with Gasteiger partial charge in [0.1, 0.15) is 22.8 Å². The number of nitrogens with one attached hydrogen (secondary N) is 1. The third-order valence-corrected chi connectivity index (χ3v) is 4.19. The van der Waals surface area contributed by atoms with Gasteiger partial charge in [0.2, 0.25) is 0 Å². The molecule has 0 aliphatic rings. The van der Waals surface area contributed by atoms with Crippen LogP contribution < -0.4 is 5.32 Å². The summed E-state index contributed by atoms with van der Waals surface area (Å²) in [5.74, 6) is 0.625. The molecule has 0 aliphatic heterocycles. The highest BCUT2D eigenvalue weighted by atomic mass is 79.9. The molecule has 0 fully saturated rings. The SMILES string of the molecule is CC(C)c1nc2c(Br)cccc2n1C/C(F)=C/CNC(=O)OC(C)(C)C. The Morgan fingerprint density at radius 3 is 2.73 bits per heavy atom. The summed E-state index contributed by atoms with van der Waals surface area (Å²) in [6, 6.07) is 5.74. The number of imidazole rings is 1. The second-order valence-corrected chi connectivity index (χ2v) is 8.21. The fourth-order valence-corrected chi connectivity index (χ4v) is 2.96. The van der Waals surface area contributed by atoms with E-state index in [4.69, 9.17) is 4.74 Å². The first kappa shape index (κ1) is 20.4. The van der Waals surface area contributed by atoms with Crippen molar-refractivity contribution in [1.29, 1.82) is 0 Å². The minimum Gasteiger partial charge on any atom is -0.444 e. The van der Waals surface area contributed by atoms with Crippen molar-refractivity contribution in [2.24, 2.45) is 0 Å². The molecule has 7 heteroatoms. The number of hydrogen-bond donors (Lipinski definition) is 1. The quantitative estimate of drug-likeness (QED) is 0.706. The Morgan fingerprint density at radius 2 is 2.12 bits per heavy atom. The van der Waals surface area contributed by atoms with E-state index in [-0.39, 0.29) is 24.8 Å². The summed E-state index contributed by atoms with van der Waals surface area (Å²) in [6.07, 6.45) is 0.777. The van der Waals surface area contributed by atoms with E-state index >= 15 is 0 Å². The maximum atomic E-state index is 14.4. The van der Waals surface area contributed by atoms with Gasteiger partial charge in [0.25, 0.3) is 0 Å². The first-order valence-electron chi connectivity index (χ1n) is 8.54. The summed E-state index contributed by atoms with van der Waals surface area (Å²) in [6.45, 7) is 9.51. The van der Waals surface area contributed by atoms with E-state index in [9.17, 15) is 9.18 Å². The predicted octanol–water partition coefficient (Wildman–Crippen LogP) is 5.30. The first-order chi connectivity index (χ1) is 12.1. The molecule has 0 spiro atoms. The number of hydrogen-bond acceptors (Lipinski definition) is 3. The van der Waals surface area contributed by atoms with Crippen LogP contribution in [0.2, 0.25) is 0 Å². The fraction of sp³-hybridized carbons (Fsp3) is 0.474. The molecule has 0 aliphatic carbocycles. The van der Waals surface area contributed by atoms with Gasteiger partial charge in [-0.05, 0) is 54.9 Å². The molecule has 0 radical (unpaired) electrons. The van der Waals surface area contributed by atoms with Gasteiger partial charge in [-0.25, -0.2) is 14.2 Å². The normalized spacial score (nSPS) is 12.7. The van der Waals surface area contributed by atoms with Gasteiger partial charge in [0.05, 0.1) is 12.1 Å². The first-order valence-corrected chi connectivity index (χ1v) is 9.34. The van der Waals surface area contributed by atoms with E-state index in [0.717, 1.165) is 21.3 Å². The number of allylic oxidation sites excluding steroid dienone is 1. The summed E-state index contributed by atoms with van der Waals surface area (Å²) in [5.41, 5.74) is 1.10. The third kappa shape index (κ3) is 5.30. The highest BCUT2D eigenvalue weighted by Gasteiger charge is 2.17. The minimum atomic E-state index is -0.582. The zero-order valence-corrected chi connectivity index (χ0v) is 17.4. The topological polar surface area (TPSA) is 56.2 Å². The van der Waals surface area contributed by atoms with Crippen molar-refractivity contribution in [3.63, 3.8) is 0 Å². The number of para-hydroxylation sites is 1. The number of alkyl carbamates (subject to hydrolysis) is 1. The Balaban J connectivity index is 2.13. The molecule has 1 heterocycles. The van der Waals surface area contributed by atoms with Gasteiger partial charge in [-0.2, -0.15) is 0 Å². The van der Waals surface area contributed by atoms with Crippen LogP contribution in [0.25, 0.3) is 11.0 Å². The van der Waals surface area contributed by atoms with Crippen LogP contribution in [0.3, 0.4) is 0 Å². The highest BCUT2D eigenvalue weighted by Crippen LogP contribution is 2.28. The fourth-order valence-electron chi connectivity index (χ4n) is 2.51. The van der Waals surface area contributed by atoms with E-state index in [1.54, 1.807) is 20.8 Å². The van der Waals surface area contributed by atoms with Crippen LogP contribution in [0, 0.1) is 0 Å². The molecule has 0 atom stereocenters. The number of ether oxygens (including phenoxy) is 1. The van der Waals surface area contributed by atoms with Gasteiger partial charge in [-0.1, -0.05) is 19.9 Å². The standard InChI is InChI=1S/C19H25BrFN3O2/c1-12(2)17-23-16-14(20)7-6-8-15(16)24(17)11-13(21)9-10-22-18(25)26-19(3,4)5/h6-9,12H,10-11H2,1-5H3,(H,22,25)/b13-9-. The van der Waals surface area contributed by atoms with Crippen LogP contribution in [0.4, 0.5) is 9.18 Å². The molecular weight excluding hydrogens is 401 g/mol. The lowest BCUT2D eigenvalue weighted by atomic mass is 10.2. The summed E-state index contributed by atoms with van der Waals surface area (Å²) in [4.78, 5) is 16.3. The summed E-state index contributed by atoms with van der Waals surface area (Å²) in [7, 11) is 0. The number of nitrogens with zero attached hydrogens (tertiary/aromatic N) is 2. The highest BCUT2D eigenvalue weighted by molar-refractivity contribution is 9.10. The van der Waals surface area contributed by atoms with Crippen LogP contribution in [-0.4, -0.2) is 27.8 Å². The van der Waals surface area contributed by atoms with Gasteiger partial charge in [0.15, 0.2) is 0 Å². The Labute approximate surface area is 161 Å². The molecule has 142 valence electrons. The van der Waals surface area contributed by atoms with Gasteiger partial charge in [-0.15, -0.1) is 0 Å². The summed E-state index contributed by atoms with van der Waals surface area (Å²) < 4.78 is 22.3. The Hall–Kier alpha value is -1.89. The molecular formula is C19H25BrFN3O2. The molecule has 0 saturated heterocycles. The number of fused-ring (bicyclic) bond motifs is 1. The third-order valence-electron chi connectivity index (χ3n) is 3.55. The zero-order valence-electron chi connectivity index (χ0n) is 15.8. The van der Waals surface area contributed by atoms with Crippen LogP contribution in [-0.2, 0) is 11.3 Å². The molecule has 0 saturated carbocycles. The number of carbonyl (C=O) groups is 1. The molecule has 5 nitrogen and oxygen atoms in total. The average Bonchev–Trinajstić information content (AvgIpc) is 2.86. The van der Waals surface area contributed by atoms with Gasteiger partial charge >= 0.3 is 6.09 Å². The second-order valence-electron chi connectivity index (χ2n) is 7.35. The van der Waals surface area contributed by atoms with Gasteiger partial charge in [-0.3, -0.25) is 0 Å². The van der Waals surface area contributed by atoms with Crippen molar-refractivity contribution in [2.45, 2.75) is 52.7 Å². The van der Waals surface area contributed by atoms with Crippen LogP contribution in [0.1, 0.15) is 46.4 Å². The number of halogens is 2. The molecule has 26 heavy (non-hydrogen) atoms. The second kappa shape index (κ2) is 8.20. The molecule has 1 amide bonds. The molecule has 0 unspecified atom stereocenters. The summed E-state index contributed by atoms with van der Waals surface area (Å²) in [5, 5.41) is 2.52. The lowest BCUT2D eigenvalue weighted by Crippen LogP contribution is -2.32. The number of carbonyl (C=O) groups excluding carboxylic acids is 1. The van der Waals surface area contributed by atoms with Crippen molar-refractivity contribution < 1.29 is 13.9 Å². The lowest BCUT2D eigenvalue weighted by Gasteiger charge is -2.19. The smallest absolute Gasteiger partial charge is 0.407 e. The van der Waals surface area contributed by atoms with E-state index in [0.29, 0.717) is 0 Å². The Bertz CT molecular complexity index is 822. The van der Waals surface area contributed by atoms with Crippen molar-refractivity contribution in [1.82, 2.24) is 14.9 Å². The molecule has 0 bridgehead atoms. The number of rotatable bonds is 5. The number of amides is 1. The molecule has 2 rings (SSSR count).